The van der Waals surface area contributed by atoms with E-state index in [0.717, 1.165) is 0 Å². The fourth-order valence-electron chi connectivity index (χ4n) is 5.00. The third kappa shape index (κ3) is 3.82. The number of hydrogen-bond donors (Lipinski definition) is 3. The quantitative estimate of drug-likeness (QED) is 0.728. The molecule has 7 nitrogen and oxygen atoms in total. The molecule has 1 amide bonds. The van der Waals surface area contributed by atoms with Crippen LogP contribution in [0.15, 0.2) is 42.7 Å². The van der Waals surface area contributed by atoms with Crippen molar-refractivity contribution in [1.82, 2.24) is 15.1 Å². The number of benzene rings is 1. The molecule has 0 unspecified atom stereocenters. The van der Waals surface area contributed by atoms with Gasteiger partial charge in [-0.3, -0.25) is 9.48 Å². The Balaban J connectivity index is 1.60. The lowest BCUT2D eigenvalue weighted by atomic mass is 9.74. The Morgan fingerprint density at radius 2 is 2.10 bits per heavy atom. The number of rotatable bonds is 4. The number of carbonyl (C=O) groups is 1. The predicted octanol–water partition coefficient (Wildman–Crippen LogP) is 1.76. The van der Waals surface area contributed by atoms with E-state index in [2.05, 4.69) is 22.5 Å². The lowest BCUT2D eigenvalue weighted by molar-refractivity contribution is -0.230. The molecule has 29 heavy (non-hydrogen) atoms. The summed E-state index contributed by atoms with van der Waals surface area (Å²) in [5.74, 6) is -0.0932. The van der Waals surface area contributed by atoms with Crippen LogP contribution in [0.3, 0.4) is 0 Å². The van der Waals surface area contributed by atoms with E-state index in [4.69, 9.17) is 4.74 Å². The maximum atomic E-state index is 12.6. The van der Waals surface area contributed by atoms with Crippen LogP contribution in [-0.2, 0) is 11.8 Å². The van der Waals surface area contributed by atoms with E-state index >= 15 is 0 Å². The minimum absolute atomic E-state index is 0.109. The lowest BCUT2D eigenvalue weighted by Gasteiger charge is -2.49. The number of fused-ring (bicyclic) bond motifs is 2. The molecule has 1 aromatic carbocycles. The number of amides is 1. The highest BCUT2D eigenvalue weighted by atomic mass is 16.5. The zero-order valence-electron chi connectivity index (χ0n) is 16.9. The topological polar surface area (TPSA) is 96.6 Å². The van der Waals surface area contributed by atoms with Gasteiger partial charge in [-0.2, -0.15) is 5.10 Å². The van der Waals surface area contributed by atoms with Gasteiger partial charge in [0.1, 0.15) is 6.10 Å². The number of aryl methyl sites for hydroxylation is 1. The van der Waals surface area contributed by atoms with E-state index in [1.807, 2.05) is 25.1 Å². The molecule has 1 aromatic heterocycles. The Morgan fingerprint density at radius 3 is 2.76 bits per heavy atom. The SMILES string of the molecule is Cn1cc(C(=O)N[C@@H]2CC[C@@]3(CO)C[C@H](c4ccccc4)C[C@](C)(O3)[C@H]2O)cn1. The van der Waals surface area contributed by atoms with Gasteiger partial charge in [-0.25, -0.2) is 0 Å². The molecule has 2 bridgehead atoms. The first kappa shape index (κ1) is 20.1. The molecule has 4 rings (SSSR count). The van der Waals surface area contributed by atoms with Crippen LogP contribution in [-0.4, -0.2) is 55.9 Å². The Bertz CT molecular complexity index is 870. The first-order chi connectivity index (χ1) is 13.8. The number of hydrogen-bond acceptors (Lipinski definition) is 5. The summed E-state index contributed by atoms with van der Waals surface area (Å²) in [5.41, 5.74) is 0.0505. The number of aliphatic hydroxyl groups is 2. The van der Waals surface area contributed by atoms with E-state index in [9.17, 15) is 15.0 Å². The average molecular weight is 399 g/mol. The molecule has 3 N–H and O–H groups in total. The first-order valence-corrected chi connectivity index (χ1v) is 10.2. The third-order valence-electron chi connectivity index (χ3n) is 6.48. The molecule has 7 heteroatoms. The first-order valence-electron chi connectivity index (χ1n) is 10.2. The maximum Gasteiger partial charge on any atom is 0.254 e. The molecule has 0 spiro atoms. The summed E-state index contributed by atoms with van der Waals surface area (Å²) in [4.78, 5) is 12.6. The summed E-state index contributed by atoms with van der Waals surface area (Å²) >= 11 is 0. The van der Waals surface area contributed by atoms with Crippen LogP contribution in [0.2, 0.25) is 0 Å². The molecule has 2 aliphatic rings. The number of ether oxygens (including phenoxy) is 1. The molecule has 2 aromatic rings. The summed E-state index contributed by atoms with van der Waals surface area (Å²) in [6.45, 7) is 1.79. The second-order valence-electron chi connectivity index (χ2n) is 8.74. The molecule has 156 valence electrons. The molecule has 5 atom stereocenters. The van der Waals surface area contributed by atoms with Crippen molar-refractivity contribution in [2.24, 2.45) is 7.05 Å². The fraction of sp³-hybridized carbons (Fsp3) is 0.545. The van der Waals surface area contributed by atoms with E-state index in [-0.39, 0.29) is 18.4 Å². The molecule has 0 saturated carbocycles. The molecule has 3 heterocycles. The summed E-state index contributed by atoms with van der Waals surface area (Å²) in [6.07, 6.45) is 4.69. The minimum atomic E-state index is -0.886. The molecular formula is C22H29N3O4. The highest BCUT2D eigenvalue weighted by Crippen LogP contribution is 2.49. The minimum Gasteiger partial charge on any atom is -0.393 e. The number of carbonyl (C=O) groups excluding carboxylic acids is 1. The number of aromatic nitrogens is 2. The second-order valence-corrected chi connectivity index (χ2v) is 8.74. The van der Waals surface area contributed by atoms with Crippen molar-refractivity contribution in [2.45, 2.75) is 61.9 Å². The van der Waals surface area contributed by atoms with E-state index in [1.165, 1.54) is 11.8 Å². The summed E-state index contributed by atoms with van der Waals surface area (Å²) in [5, 5.41) is 28.5. The van der Waals surface area contributed by atoms with Crippen molar-refractivity contribution in [3.63, 3.8) is 0 Å². The molecule has 0 aliphatic carbocycles. The van der Waals surface area contributed by atoms with Gasteiger partial charge in [-0.05, 0) is 44.1 Å². The molecular weight excluding hydrogens is 370 g/mol. The molecule has 2 fully saturated rings. The predicted molar refractivity (Wildman–Crippen MR) is 107 cm³/mol. The van der Waals surface area contributed by atoms with Crippen molar-refractivity contribution in [2.75, 3.05) is 6.61 Å². The second kappa shape index (κ2) is 7.55. The van der Waals surface area contributed by atoms with Crippen LogP contribution in [0.1, 0.15) is 54.4 Å². The van der Waals surface area contributed by atoms with E-state index < -0.39 is 23.3 Å². The van der Waals surface area contributed by atoms with Crippen molar-refractivity contribution >= 4 is 5.91 Å². The standard InChI is InChI=1S/C22H29N3O4/c1-21-10-16(15-6-4-3-5-7-15)11-22(14-26,29-21)9-8-18(19(21)27)24-20(28)17-12-23-25(2)13-17/h3-7,12-13,16,18-19,26-27H,8-11,14H2,1-2H3,(H,24,28)/t16-,18-,19+,21+,22+/m1/s1. The van der Waals surface area contributed by atoms with Crippen molar-refractivity contribution in [3.05, 3.63) is 53.9 Å². The van der Waals surface area contributed by atoms with Crippen LogP contribution >= 0.6 is 0 Å². The fourth-order valence-corrected chi connectivity index (χ4v) is 5.00. The van der Waals surface area contributed by atoms with Gasteiger partial charge in [-0.1, -0.05) is 30.3 Å². The van der Waals surface area contributed by atoms with Gasteiger partial charge in [0.15, 0.2) is 0 Å². The molecule has 2 aliphatic heterocycles. The van der Waals surface area contributed by atoms with Gasteiger partial charge in [0, 0.05) is 13.2 Å². The van der Waals surface area contributed by atoms with Crippen LogP contribution in [0, 0.1) is 0 Å². The molecule has 2 saturated heterocycles. The highest BCUT2D eigenvalue weighted by molar-refractivity contribution is 5.93. The van der Waals surface area contributed by atoms with Gasteiger partial charge < -0.3 is 20.3 Å². The van der Waals surface area contributed by atoms with Crippen molar-refractivity contribution in [3.8, 4) is 0 Å². The third-order valence-corrected chi connectivity index (χ3v) is 6.48. The summed E-state index contributed by atoms with van der Waals surface area (Å²) in [6, 6.07) is 9.72. The average Bonchev–Trinajstić information content (AvgIpc) is 3.14. The maximum absolute atomic E-state index is 12.6. The Kier molecular flexibility index (Phi) is 5.23. The van der Waals surface area contributed by atoms with Crippen LogP contribution in [0.25, 0.3) is 0 Å². The van der Waals surface area contributed by atoms with Crippen molar-refractivity contribution in [1.29, 1.82) is 0 Å². The van der Waals surface area contributed by atoms with Crippen LogP contribution in [0.4, 0.5) is 0 Å². The Hall–Kier alpha value is -2.22. The zero-order valence-corrected chi connectivity index (χ0v) is 16.9. The monoisotopic (exact) mass is 399 g/mol. The summed E-state index contributed by atoms with van der Waals surface area (Å²) in [7, 11) is 1.75. The number of nitrogens with zero attached hydrogens (tertiary/aromatic N) is 2. The van der Waals surface area contributed by atoms with Gasteiger partial charge in [0.05, 0.1) is 35.6 Å². The lowest BCUT2D eigenvalue weighted by Crippen LogP contribution is -2.58. The van der Waals surface area contributed by atoms with Gasteiger partial charge in [0.25, 0.3) is 5.91 Å². The zero-order chi connectivity index (χ0) is 20.6. The largest absolute Gasteiger partial charge is 0.393 e. The van der Waals surface area contributed by atoms with Gasteiger partial charge in [-0.15, -0.1) is 0 Å². The Labute approximate surface area is 170 Å². The smallest absolute Gasteiger partial charge is 0.254 e. The van der Waals surface area contributed by atoms with Gasteiger partial charge >= 0.3 is 0 Å². The van der Waals surface area contributed by atoms with E-state index in [1.54, 1.807) is 17.9 Å². The Morgan fingerprint density at radius 1 is 1.34 bits per heavy atom. The number of aliphatic hydroxyl groups excluding tert-OH is 2. The van der Waals surface area contributed by atoms with E-state index in [0.29, 0.717) is 31.2 Å². The highest BCUT2D eigenvalue weighted by Gasteiger charge is 2.54. The normalized spacial score (nSPS) is 34.4. The van der Waals surface area contributed by atoms with Gasteiger partial charge in [0.2, 0.25) is 0 Å². The summed E-state index contributed by atoms with van der Waals surface area (Å²) < 4.78 is 7.96. The van der Waals surface area contributed by atoms with Crippen LogP contribution in [0.5, 0.6) is 0 Å². The molecule has 0 radical (unpaired) electrons. The van der Waals surface area contributed by atoms with Crippen LogP contribution < -0.4 is 5.32 Å². The van der Waals surface area contributed by atoms with Crippen molar-refractivity contribution < 1.29 is 19.7 Å². The number of nitrogens with one attached hydrogen (secondary N) is 1.